The Balaban J connectivity index is 2.12. The molecule has 1 aliphatic carbocycles. The van der Waals surface area contributed by atoms with Gasteiger partial charge in [-0.25, -0.2) is 0 Å². The van der Waals surface area contributed by atoms with Gasteiger partial charge >= 0.3 is 0 Å². The molecule has 0 aliphatic heterocycles. The third kappa shape index (κ3) is 4.00. The van der Waals surface area contributed by atoms with E-state index in [1.165, 1.54) is 19.3 Å². The molecule has 110 valence electrons. The van der Waals surface area contributed by atoms with E-state index in [0.717, 1.165) is 17.7 Å². The van der Waals surface area contributed by atoms with E-state index >= 15 is 0 Å². The average molecular weight is 293 g/mol. The van der Waals surface area contributed by atoms with Crippen molar-refractivity contribution in [3.8, 4) is 0 Å². The topological polar surface area (TPSA) is 49.3 Å². The summed E-state index contributed by atoms with van der Waals surface area (Å²) in [6.45, 7) is 0. The van der Waals surface area contributed by atoms with Crippen LogP contribution in [0.4, 0.5) is 0 Å². The molecular formula is C16H23NO2S. The van der Waals surface area contributed by atoms with Crippen LogP contribution < -0.4 is 5.32 Å². The van der Waals surface area contributed by atoms with Crippen molar-refractivity contribution in [2.75, 3.05) is 7.05 Å². The Morgan fingerprint density at radius 1 is 1.25 bits per heavy atom. The predicted molar refractivity (Wildman–Crippen MR) is 82.7 cm³/mol. The van der Waals surface area contributed by atoms with Crippen molar-refractivity contribution in [3.05, 3.63) is 30.3 Å². The summed E-state index contributed by atoms with van der Waals surface area (Å²) >= 11 is 1.64. The van der Waals surface area contributed by atoms with E-state index in [4.69, 9.17) is 0 Å². The fraction of sp³-hybridized carbons (Fsp3) is 0.562. The number of benzene rings is 1. The minimum absolute atomic E-state index is 0.0577. The standard InChI is InChI=1S/C16H23NO2S/c1-17-16(19)14(18)15(12-8-4-2-5-9-12)20-13-10-6-3-7-11-13/h3,6-7,10-12,14-15,18H,2,4-5,8-9H2,1H3,(H,17,19)/t14-,15+/m1/s1. The van der Waals surface area contributed by atoms with Gasteiger partial charge in [-0.3, -0.25) is 4.79 Å². The molecule has 1 saturated carbocycles. The fourth-order valence-corrected chi connectivity index (χ4v) is 4.18. The van der Waals surface area contributed by atoms with Gasteiger partial charge in [-0.2, -0.15) is 0 Å². The molecule has 0 saturated heterocycles. The van der Waals surface area contributed by atoms with Gasteiger partial charge in [0.15, 0.2) is 0 Å². The first-order chi connectivity index (χ1) is 9.72. The summed E-state index contributed by atoms with van der Waals surface area (Å²) in [5.74, 6) is 0.144. The number of likely N-dealkylation sites (N-methyl/N-ethyl adjacent to an activating group) is 1. The summed E-state index contributed by atoms with van der Waals surface area (Å²) in [5, 5.41) is 12.9. The molecule has 0 bridgehead atoms. The molecule has 1 aliphatic rings. The van der Waals surface area contributed by atoms with Crippen LogP contribution in [-0.4, -0.2) is 29.4 Å². The van der Waals surface area contributed by atoms with Crippen molar-refractivity contribution in [2.24, 2.45) is 5.92 Å². The minimum Gasteiger partial charge on any atom is -0.382 e. The van der Waals surface area contributed by atoms with Gasteiger partial charge in [-0.15, -0.1) is 11.8 Å². The second kappa shape index (κ2) is 7.70. The zero-order valence-corrected chi connectivity index (χ0v) is 12.7. The summed E-state index contributed by atoms with van der Waals surface area (Å²) in [6.07, 6.45) is 4.97. The largest absolute Gasteiger partial charge is 0.382 e. The summed E-state index contributed by atoms with van der Waals surface area (Å²) in [5.41, 5.74) is 0. The number of amides is 1. The van der Waals surface area contributed by atoms with Crippen molar-refractivity contribution in [3.63, 3.8) is 0 Å². The van der Waals surface area contributed by atoms with Crippen LogP contribution in [0.15, 0.2) is 35.2 Å². The Morgan fingerprint density at radius 2 is 1.90 bits per heavy atom. The minimum atomic E-state index is -0.937. The van der Waals surface area contributed by atoms with Gasteiger partial charge in [0.05, 0.1) is 0 Å². The highest BCUT2D eigenvalue weighted by molar-refractivity contribution is 8.00. The number of carbonyl (C=O) groups is 1. The Kier molecular flexibility index (Phi) is 5.92. The molecule has 3 nitrogen and oxygen atoms in total. The van der Waals surface area contributed by atoms with Crippen LogP contribution >= 0.6 is 11.8 Å². The molecule has 0 unspecified atom stereocenters. The van der Waals surface area contributed by atoms with Crippen LogP contribution in [0.1, 0.15) is 32.1 Å². The van der Waals surface area contributed by atoms with E-state index in [2.05, 4.69) is 5.32 Å². The molecule has 1 fully saturated rings. The Bertz CT molecular complexity index is 418. The summed E-state index contributed by atoms with van der Waals surface area (Å²) < 4.78 is 0. The van der Waals surface area contributed by atoms with E-state index in [1.54, 1.807) is 18.8 Å². The van der Waals surface area contributed by atoms with Crippen LogP contribution in [0.2, 0.25) is 0 Å². The highest BCUT2D eigenvalue weighted by Crippen LogP contribution is 2.38. The number of aliphatic hydroxyl groups excluding tert-OH is 1. The van der Waals surface area contributed by atoms with E-state index in [1.807, 2.05) is 30.3 Å². The number of hydrogen-bond donors (Lipinski definition) is 2. The van der Waals surface area contributed by atoms with Crippen LogP contribution in [0, 0.1) is 5.92 Å². The third-order valence-corrected chi connectivity index (χ3v) is 5.42. The van der Waals surface area contributed by atoms with E-state index < -0.39 is 6.10 Å². The van der Waals surface area contributed by atoms with E-state index in [-0.39, 0.29) is 11.2 Å². The van der Waals surface area contributed by atoms with Gasteiger partial charge in [0, 0.05) is 17.2 Å². The molecule has 1 aromatic rings. The maximum atomic E-state index is 11.8. The second-order valence-electron chi connectivity index (χ2n) is 5.35. The lowest BCUT2D eigenvalue weighted by Gasteiger charge is -2.32. The summed E-state index contributed by atoms with van der Waals surface area (Å²) in [7, 11) is 1.58. The molecule has 4 heteroatoms. The van der Waals surface area contributed by atoms with Gasteiger partial charge in [0.1, 0.15) is 6.10 Å². The summed E-state index contributed by atoms with van der Waals surface area (Å²) in [4.78, 5) is 12.9. The van der Waals surface area contributed by atoms with E-state index in [0.29, 0.717) is 5.92 Å². The molecule has 1 amide bonds. The number of nitrogens with one attached hydrogen (secondary N) is 1. The summed E-state index contributed by atoms with van der Waals surface area (Å²) in [6, 6.07) is 10.0. The van der Waals surface area contributed by atoms with Crippen molar-refractivity contribution in [2.45, 2.75) is 48.4 Å². The van der Waals surface area contributed by atoms with Gasteiger partial charge in [-0.1, -0.05) is 37.5 Å². The Morgan fingerprint density at radius 3 is 2.50 bits per heavy atom. The highest BCUT2D eigenvalue weighted by Gasteiger charge is 2.33. The molecule has 0 heterocycles. The van der Waals surface area contributed by atoms with Crippen LogP contribution in [-0.2, 0) is 4.79 Å². The molecule has 2 atom stereocenters. The third-order valence-electron chi connectivity index (χ3n) is 3.96. The monoisotopic (exact) mass is 293 g/mol. The first-order valence-electron chi connectivity index (χ1n) is 7.33. The Labute approximate surface area is 125 Å². The number of thioether (sulfide) groups is 1. The van der Waals surface area contributed by atoms with Crippen LogP contribution in [0.25, 0.3) is 0 Å². The van der Waals surface area contributed by atoms with Crippen molar-refractivity contribution in [1.82, 2.24) is 5.32 Å². The molecule has 2 N–H and O–H groups in total. The first-order valence-corrected chi connectivity index (χ1v) is 8.21. The van der Waals surface area contributed by atoms with E-state index in [9.17, 15) is 9.90 Å². The SMILES string of the molecule is CNC(=O)[C@H](O)[C@@H](Sc1ccccc1)C1CCCCC1. The fourth-order valence-electron chi connectivity index (χ4n) is 2.83. The number of aliphatic hydroxyl groups is 1. The maximum absolute atomic E-state index is 11.8. The lowest BCUT2D eigenvalue weighted by molar-refractivity contribution is -0.129. The van der Waals surface area contributed by atoms with Gasteiger partial charge in [-0.05, 0) is 30.9 Å². The Hall–Kier alpha value is -1.00. The normalized spacial score (nSPS) is 19.3. The van der Waals surface area contributed by atoms with Crippen LogP contribution in [0.5, 0.6) is 0 Å². The van der Waals surface area contributed by atoms with Gasteiger partial charge < -0.3 is 10.4 Å². The number of carbonyl (C=O) groups excluding carboxylic acids is 1. The molecule has 0 aromatic heterocycles. The molecular weight excluding hydrogens is 270 g/mol. The number of hydrogen-bond acceptors (Lipinski definition) is 3. The van der Waals surface area contributed by atoms with Gasteiger partial charge in [0.2, 0.25) is 5.91 Å². The molecule has 20 heavy (non-hydrogen) atoms. The molecule has 0 spiro atoms. The van der Waals surface area contributed by atoms with Crippen LogP contribution in [0.3, 0.4) is 0 Å². The lowest BCUT2D eigenvalue weighted by atomic mass is 9.85. The zero-order chi connectivity index (χ0) is 14.4. The van der Waals surface area contributed by atoms with Crippen molar-refractivity contribution in [1.29, 1.82) is 0 Å². The molecule has 0 radical (unpaired) electrons. The smallest absolute Gasteiger partial charge is 0.249 e. The van der Waals surface area contributed by atoms with Crippen molar-refractivity contribution < 1.29 is 9.90 Å². The maximum Gasteiger partial charge on any atom is 0.249 e. The molecule has 2 rings (SSSR count). The quantitative estimate of drug-likeness (QED) is 0.821. The average Bonchev–Trinajstić information content (AvgIpc) is 2.53. The number of rotatable bonds is 5. The molecule has 1 aromatic carbocycles. The lowest BCUT2D eigenvalue weighted by Crippen LogP contribution is -2.43. The predicted octanol–water partition coefficient (Wildman–Crippen LogP) is 2.83. The van der Waals surface area contributed by atoms with Crippen molar-refractivity contribution >= 4 is 17.7 Å². The zero-order valence-electron chi connectivity index (χ0n) is 11.9. The second-order valence-corrected chi connectivity index (χ2v) is 6.60. The highest BCUT2D eigenvalue weighted by atomic mass is 32.2. The van der Waals surface area contributed by atoms with Gasteiger partial charge in [0.25, 0.3) is 0 Å². The first kappa shape index (κ1) is 15.4.